The summed E-state index contributed by atoms with van der Waals surface area (Å²) in [4.78, 5) is 27.5. The molecule has 0 spiro atoms. The molecule has 1 heterocycles. The fourth-order valence-electron chi connectivity index (χ4n) is 6.27. The number of alkyl carbamates (subject to hydrolysis) is 1. The minimum Gasteiger partial charge on any atom is -0.460 e. The van der Waals surface area contributed by atoms with E-state index in [2.05, 4.69) is 77.1 Å². The summed E-state index contributed by atoms with van der Waals surface area (Å²) in [6, 6.07) is 23.8. The second kappa shape index (κ2) is 13.2. The van der Waals surface area contributed by atoms with Crippen LogP contribution in [-0.2, 0) is 20.7 Å². The van der Waals surface area contributed by atoms with E-state index in [9.17, 15) is 9.59 Å². The Kier molecular flexibility index (Phi) is 9.37. The number of carbonyl (C=O) groups excluding carboxylic acids is 2. The van der Waals surface area contributed by atoms with Crippen LogP contribution in [0.2, 0.25) is 0 Å². The lowest BCUT2D eigenvalue weighted by atomic mass is 9.92. The molecule has 7 heteroatoms. The van der Waals surface area contributed by atoms with Crippen LogP contribution < -0.4 is 15.5 Å². The molecule has 1 aliphatic carbocycles. The average Bonchev–Trinajstić information content (AvgIpc) is 3.41. The molecule has 1 saturated carbocycles. The van der Waals surface area contributed by atoms with Crippen LogP contribution in [0.3, 0.4) is 0 Å². The van der Waals surface area contributed by atoms with Gasteiger partial charge in [0.05, 0.1) is 12.5 Å². The largest absolute Gasteiger partial charge is 0.460 e. The van der Waals surface area contributed by atoms with Crippen molar-refractivity contribution in [2.24, 2.45) is 0 Å². The molecule has 42 heavy (non-hydrogen) atoms. The molecule has 1 aliphatic heterocycles. The van der Waals surface area contributed by atoms with Gasteiger partial charge >= 0.3 is 12.1 Å². The zero-order valence-corrected chi connectivity index (χ0v) is 25.4. The highest BCUT2D eigenvalue weighted by molar-refractivity contribution is 5.86. The summed E-state index contributed by atoms with van der Waals surface area (Å²) in [5, 5.41) is 9.35. The molecular formula is C35H45N3O4. The molecule has 5 rings (SSSR count). The maximum absolute atomic E-state index is 12.8. The summed E-state index contributed by atoms with van der Waals surface area (Å²) >= 11 is 0. The number of ether oxygens (including phenoxy) is 2. The summed E-state index contributed by atoms with van der Waals surface area (Å²) < 4.78 is 11.3. The Hall–Kier alpha value is -3.58. The third-order valence-corrected chi connectivity index (χ3v) is 8.30. The lowest BCUT2D eigenvalue weighted by Gasteiger charge is -2.32. The van der Waals surface area contributed by atoms with Crippen molar-refractivity contribution in [2.45, 2.75) is 96.1 Å². The lowest BCUT2D eigenvalue weighted by Crippen LogP contribution is -2.48. The van der Waals surface area contributed by atoms with Gasteiger partial charge in [-0.1, -0.05) is 61.0 Å². The van der Waals surface area contributed by atoms with Gasteiger partial charge in [0.15, 0.2) is 0 Å². The molecule has 0 unspecified atom stereocenters. The summed E-state index contributed by atoms with van der Waals surface area (Å²) in [5.74, 6) is -0.265. The smallest absolute Gasteiger partial charge is 0.408 e. The molecular weight excluding hydrogens is 526 g/mol. The molecule has 0 bridgehead atoms. The van der Waals surface area contributed by atoms with Gasteiger partial charge in [0.1, 0.15) is 11.7 Å². The van der Waals surface area contributed by atoms with Gasteiger partial charge in [0.2, 0.25) is 0 Å². The van der Waals surface area contributed by atoms with Crippen molar-refractivity contribution in [2.75, 3.05) is 18.0 Å². The second-order valence-corrected chi connectivity index (χ2v) is 12.8. The first-order valence-electron chi connectivity index (χ1n) is 15.4. The van der Waals surface area contributed by atoms with Gasteiger partial charge in [-0.3, -0.25) is 4.79 Å². The predicted molar refractivity (Wildman–Crippen MR) is 168 cm³/mol. The summed E-state index contributed by atoms with van der Waals surface area (Å²) in [5.41, 5.74) is 2.86. The molecule has 2 aliphatic rings. The molecule has 0 aromatic heterocycles. The Balaban J connectivity index is 1.11. The number of rotatable bonds is 8. The number of esters is 1. The fraction of sp³-hybridized carbons (Fsp3) is 0.486. The van der Waals surface area contributed by atoms with Crippen molar-refractivity contribution in [3.63, 3.8) is 0 Å². The molecule has 3 aromatic carbocycles. The van der Waals surface area contributed by atoms with Crippen molar-refractivity contribution in [1.29, 1.82) is 0 Å². The first kappa shape index (κ1) is 29.9. The monoisotopic (exact) mass is 571 g/mol. The Bertz CT molecular complexity index is 1360. The number of anilines is 1. The normalized spacial score (nSPS) is 21.6. The minimum absolute atomic E-state index is 0.211. The number of hydrogen-bond donors (Lipinski definition) is 2. The van der Waals surface area contributed by atoms with E-state index in [1.54, 1.807) is 0 Å². The molecule has 0 radical (unpaired) electrons. The average molecular weight is 572 g/mol. The van der Waals surface area contributed by atoms with E-state index in [1.807, 2.05) is 32.9 Å². The van der Waals surface area contributed by atoms with Crippen molar-refractivity contribution in [3.05, 3.63) is 77.9 Å². The standard InChI is InChI=1S/C35H45N3O4/c1-24(29-13-9-11-26-10-5-6-12-30(26)29)36-27-20-21-38(23-27)28-18-16-25(17-19-28)22-33(39)41-32-15-8-7-14-31(32)37-34(40)42-35(2,3)4/h5-6,9-13,16-19,24,27,31-32,36H,7-8,14-15,20-23H2,1-4H3,(H,37,40)/t24-,27+,31+,32-/m1/s1. The Labute approximate surface area is 250 Å². The van der Waals surface area contributed by atoms with E-state index in [1.165, 1.54) is 22.0 Å². The van der Waals surface area contributed by atoms with Gasteiger partial charge < -0.3 is 25.0 Å². The van der Waals surface area contributed by atoms with Crippen LogP contribution >= 0.6 is 0 Å². The molecule has 1 saturated heterocycles. The first-order valence-corrected chi connectivity index (χ1v) is 15.4. The second-order valence-electron chi connectivity index (χ2n) is 12.8. The highest BCUT2D eigenvalue weighted by Crippen LogP contribution is 2.27. The van der Waals surface area contributed by atoms with Gasteiger partial charge in [-0.05, 0) is 87.4 Å². The number of benzene rings is 3. The van der Waals surface area contributed by atoms with Crippen LogP contribution in [0.1, 0.15) is 77.0 Å². The van der Waals surface area contributed by atoms with Crippen LogP contribution in [0.15, 0.2) is 66.7 Å². The maximum Gasteiger partial charge on any atom is 0.408 e. The van der Waals surface area contributed by atoms with Crippen molar-refractivity contribution in [1.82, 2.24) is 10.6 Å². The van der Waals surface area contributed by atoms with Crippen molar-refractivity contribution < 1.29 is 19.1 Å². The molecule has 7 nitrogen and oxygen atoms in total. The van der Waals surface area contributed by atoms with Gasteiger partial charge in [0.25, 0.3) is 0 Å². The van der Waals surface area contributed by atoms with Gasteiger partial charge in [0, 0.05) is 30.9 Å². The highest BCUT2D eigenvalue weighted by Gasteiger charge is 2.31. The van der Waals surface area contributed by atoms with Crippen LogP contribution in [0, 0.1) is 0 Å². The Morgan fingerprint density at radius 2 is 1.69 bits per heavy atom. The van der Waals surface area contributed by atoms with E-state index in [4.69, 9.17) is 9.47 Å². The molecule has 2 N–H and O–H groups in total. The Morgan fingerprint density at radius 1 is 0.952 bits per heavy atom. The zero-order chi connectivity index (χ0) is 29.7. The number of hydrogen-bond acceptors (Lipinski definition) is 6. The van der Waals surface area contributed by atoms with Crippen molar-refractivity contribution >= 4 is 28.5 Å². The Morgan fingerprint density at radius 3 is 2.48 bits per heavy atom. The molecule has 224 valence electrons. The highest BCUT2D eigenvalue weighted by atomic mass is 16.6. The quantitative estimate of drug-likeness (QED) is 0.293. The third-order valence-electron chi connectivity index (χ3n) is 8.30. The lowest BCUT2D eigenvalue weighted by molar-refractivity contribution is -0.151. The predicted octanol–water partition coefficient (Wildman–Crippen LogP) is 6.69. The van der Waals surface area contributed by atoms with Crippen LogP contribution in [0.4, 0.5) is 10.5 Å². The summed E-state index contributed by atoms with van der Waals surface area (Å²) in [7, 11) is 0. The first-order chi connectivity index (χ1) is 20.1. The number of nitrogens with one attached hydrogen (secondary N) is 2. The van der Waals surface area contributed by atoms with E-state index in [0.29, 0.717) is 6.04 Å². The topological polar surface area (TPSA) is 79.9 Å². The number of fused-ring (bicyclic) bond motifs is 1. The van der Waals surface area contributed by atoms with E-state index < -0.39 is 11.7 Å². The van der Waals surface area contributed by atoms with Crippen molar-refractivity contribution in [3.8, 4) is 0 Å². The SMILES string of the molecule is C[C@@H](N[C@H]1CCN(c2ccc(CC(=O)O[C@@H]3CCCC[C@@H]3NC(=O)OC(C)(C)C)cc2)C1)c1cccc2ccccc12. The minimum atomic E-state index is -0.570. The van der Waals surface area contributed by atoms with Gasteiger partial charge in [-0.2, -0.15) is 0 Å². The van der Waals surface area contributed by atoms with Gasteiger partial charge in [-0.25, -0.2) is 4.79 Å². The third kappa shape index (κ3) is 7.82. The molecule has 2 fully saturated rings. The number of amides is 1. The van der Waals surface area contributed by atoms with E-state index in [0.717, 1.165) is 50.8 Å². The maximum atomic E-state index is 12.8. The number of carbonyl (C=O) groups is 2. The van der Waals surface area contributed by atoms with Gasteiger partial charge in [-0.15, -0.1) is 0 Å². The molecule has 4 atom stereocenters. The van der Waals surface area contributed by atoms with E-state index >= 15 is 0 Å². The fourth-order valence-corrected chi connectivity index (χ4v) is 6.27. The summed E-state index contributed by atoms with van der Waals surface area (Å²) in [6.45, 7) is 9.70. The number of nitrogens with zero attached hydrogens (tertiary/aromatic N) is 1. The molecule has 1 amide bonds. The molecule has 3 aromatic rings. The van der Waals surface area contributed by atoms with Crippen LogP contribution in [-0.4, -0.2) is 48.9 Å². The summed E-state index contributed by atoms with van der Waals surface area (Å²) in [6.07, 6.45) is 3.99. The zero-order valence-electron chi connectivity index (χ0n) is 25.4. The van der Waals surface area contributed by atoms with E-state index in [-0.39, 0.29) is 30.6 Å². The van der Waals surface area contributed by atoms with Crippen LogP contribution in [0.25, 0.3) is 10.8 Å². The van der Waals surface area contributed by atoms with Crippen LogP contribution in [0.5, 0.6) is 0 Å².